The first-order valence-electron chi connectivity index (χ1n) is 7.54. The molecule has 2 heterocycles. The lowest BCUT2D eigenvalue weighted by Crippen LogP contribution is -2.50. The topological polar surface area (TPSA) is 70.6 Å². The van der Waals surface area contributed by atoms with Crippen LogP contribution in [0.1, 0.15) is 10.4 Å². The third-order valence-corrected chi connectivity index (χ3v) is 6.76. The standard InChI is InChI=1S/C16H15BrClN3O3S/c17-13-9-12(10-19-11-13)16(22)20-5-7-21(8-6-20)25(23,24)15-4-2-1-3-14(15)18/h1-4,9-11H,5-8H2. The number of sulfonamides is 1. The van der Waals surface area contributed by atoms with Crippen molar-refractivity contribution in [1.82, 2.24) is 14.2 Å². The van der Waals surface area contributed by atoms with Gasteiger partial charge in [-0.3, -0.25) is 9.78 Å². The number of hydrogen-bond acceptors (Lipinski definition) is 4. The van der Waals surface area contributed by atoms with Gasteiger partial charge in [0.15, 0.2) is 0 Å². The molecule has 0 spiro atoms. The van der Waals surface area contributed by atoms with Crippen molar-refractivity contribution < 1.29 is 13.2 Å². The number of aromatic nitrogens is 1. The van der Waals surface area contributed by atoms with Gasteiger partial charge in [-0.05, 0) is 34.1 Å². The Morgan fingerprint density at radius 1 is 1.12 bits per heavy atom. The van der Waals surface area contributed by atoms with Crippen LogP contribution in [0, 0.1) is 0 Å². The van der Waals surface area contributed by atoms with Crippen molar-refractivity contribution in [3.05, 3.63) is 57.8 Å². The fraction of sp³-hybridized carbons (Fsp3) is 0.250. The van der Waals surface area contributed by atoms with Crippen LogP contribution in [0.2, 0.25) is 5.02 Å². The molecule has 2 aromatic rings. The average Bonchev–Trinajstić information content (AvgIpc) is 2.61. The number of carbonyl (C=O) groups is 1. The van der Waals surface area contributed by atoms with Gasteiger partial charge < -0.3 is 4.90 Å². The maximum Gasteiger partial charge on any atom is 0.255 e. The van der Waals surface area contributed by atoms with E-state index in [0.717, 1.165) is 4.47 Å². The summed E-state index contributed by atoms with van der Waals surface area (Å²) in [5.74, 6) is -0.163. The molecule has 0 radical (unpaired) electrons. The van der Waals surface area contributed by atoms with Crippen molar-refractivity contribution >= 4 is 43.5 Å². The van der Waals surface area contributed by atoms with E-state index in [1.807, 2.05) is 0 Å². The highest BCUT2D eigenvalue weighted by atomic mass is 79.9. The van der Waals surface area contributed by atoms with Gasteiger partial charge in [0.1, 0.15) is 4.90 Å². The molecule has 1 amide bonds. The molecular weight excluding hydrogens is 430 g/mol. The summed E-state index contributed by atoms with van der Waals surface area (Å²) in [5, 5.41) is 0.196. The molecule has 9 heteroatoms. The second kappa shape index (κ2) is 7.41. The quantitative estimate of drug-likeness (QED) is 0.730. The fourth-order valence-corrected chi connectivity index (χ4v) is 4.92. The van der Waals surface area contributed by atoms with Crippen LogP contribution < -0.4 is 0 Å². The van der Waals surface area contributed by atoms with E-state index < -0.39 is 10.0 Å². The van der Waals surface area contributed by atoms with E-state index in [1.54, 1.807) is 35.4 Å². The second-order valence-electron chi connectivity index (χ2n) is 5.52. The molecule has 132 valence electrons. The Kier molecular flexibility index (Phi) is 5.43. The first-order chi connectivity index (χ1) is 11.9. The largest absolute Gasteiger partial charge is 0.336 e. The molecular formula is C16H15BrClN3O3S. The number of nitrogens with zero attached hydrogens (tertiary/aromatic N) is 3. The molecule has 0 aliphatic carbocycles. The van der Waals surface area contributed by atoms with Gasteiger partial charge in [-0.2, -0.15) is 4.31 Å². The van der Waals surface area contributed by atoms with Gasteiger partial charge in [0.25, 0.3) is 5.91 Å². The molecule has 0 atom stereocenters. The number of carbonyl (C=O) groups excluding carboxylic acids is 1. The lowest BCUT2D eigenvalue weighted by Gasteiger charge is -2.34. The van der Waals surface area contributed by atoms with Gasteiger partial charge in [-0.25, -0.2) is 8.42 Å². The van der Waals surface area contributed by atoms with E-state index in [-0.39, 0.29) is 28.9 Å². The number of piperazine rings is 1. The maximum atomic E-state index is 12.7. The third-order valence-electron chi connectivity index (χ3n) is 3.93. The van der Waals surface area contributed by atoms with Crippen LogP contribution >= 0.6 is 27.5 Å². The monoisotopic (exact) mass is 443 g/mol. The molecule has 0 bridgehead atoms. The Hall–Kier alpha value is -1.48. The molecule has 1 aliphatic heterocycles. The van der Waals surface area contributed by atoms with Crippen molar-refractivity contribution in [3.63, 3.8) is 0 Å². The fourth-order valence-electron chi connectivity index (χ4n) is 2.64. The zero-order chi connectivity index (χ0) is 18.0. The molecule has 0 N–H and O–H groups in total. The van der Waals surface area contributed by atoms with Crippen LogP contribution in [0.4, 0.5) is 0 Å². The second-order valence-corrected chi connectivity index (χ2v) is 8.75. The Morgan fingerprint density at radius 3 is 2.44 bits per heavy atom. The molecule has 1 aromatic heterocycles. The molecule has 25 heavy (non-hydrogen) atoms. The summed E-state index contributed by atoms with van der Waals surface area (Å²) in [5.41, 5.74) is 0.469. The van der Waals surface area contributed by atoms with E-state index in [0.29, 0.717) is 18.7 Å². The van der Waals surface area contributed by atoms with Crippen LogP contribution in [0.15, 0.2) is 52.1 Å². The SMILES string of the molecule is O=C(c1cncc(Br)c1)N1CCN(S(=O)(=O)c2ccccc2Cl)CC1. The van der Waals surface area contributed by atoms with Gasteiger partial charge in [-0.15, -0.1) is 0 Å². The van der Waals surface area contributed by atoms with Crippen LogP contribution in [0.5, 0.6) is 0 Å². The van der Waals surface area contributed by atoms with Crippen molar-refractivity contribution in [2.45, 2.75) is 4.90 Å². The summed E-state index contributed by atoms with van der Waals surface area (Å²) in [6.07, 6.45) is 3.10. The minimum atomic E-state index is -3.67. The van der Waals surface area contributed by atoms with Crippen LogP contribution in [0.3, 0.4) is 0 Å². The maximum absolute atomic E-state index is 12.7. The van der Waals surface area contributed by atoms with Crippen molar-refractivity contribution in [2.24, 2.45) is 0 Å². The number of hydrogen-bond donors (Lipinski definition) is 0. The minimum Gasteiger partial charge on any atom is -0.336 e. The van der Waals surface area contributed by atoms with E-state index >= 15 is 0 Å². The summed E-state index contributed by atoms with van der Waals surface area (Å²) < 4.78 is 27.5. The first kappa shape index (κ1) is 18.3. The molecule has 1 fully saturated rings. The van der Waals surface area contributed by atoms with Crippen molar-refractivity contribution in [3.8, 4) is 0 Å². The molecule has 3 rings (SSSR count). The lowest BCUT2D eigenvalue weighted by molar-refractivity contribution is 0.0697. The predicted octanol–water partition coefficient (Wildman–Crippen LogP) is 2.64. The molecule has 0 unspecified atom stereocenters. The Labute approximate surface area is 159 Å². The summed E-state index contributed by atoms with van der Waals surface area (Å²) in [6, 6.07) is 8.06. The average molecular weight is 445 g/mol. The third kappa shape index (κ3) is 3.87. The van der Waals surface area contributed by atoms with Gasteiger partial charge >= 0.3 is 0 Å². The minimum absolute atomic E-state index is 0.0904. The van der Waals surface area contributed by atoms with Gasteiger partial charge in [0.2, 0.25) is 10.0 Å². The van der Waals surface area contributed by atoms with Crippen LogP contribution in [-0.2, 0) is 10.0 Å². The predicted molar refractivity (Wildman–Crippen MR) is 98.1 cm³/mol. The molecule has 1 aromatic carbocycles. The molecule has 1 aliphatic rings. The van der Waals surface area contributed by atoms with Crippen molar-refractivity contribution in [2.75, 3.05) is 26.2 Å². The van der Waals surface area contributed by atoms with Gasteiger partial charge in [0.05, 0.1) is 10.6 Å². The molecule has 6 nitrogen and oxygen atoms in total. The van der Waals surface area contributed by atoms with E-state index in [4.69, 9.17) is 11.6 Å². The number of pyridine rings is 1. The number of benzene rings is 1. The zero-order valence-corrected chi connectivity index (χ0v) is 16.3. The highest BCUT2D eigenvalue weighted by Gasteiger charge is 2.31. The molecule has 0 saturated carbocycles. The van der Waals surface area contributed by atoms with E-state index in [1.165, 1.54) is 16.6 Å². The Bertz CT molecular complexity index is 899. The normalized spacial score (nSPS) is 16.0. The summed E-state index contributed by atoms with van der Waals surface area (Å²) in [4.78, 5) is 18.2. The zero-order valence-electron chi connectivity index (χ0n) is 13.1. The number of amides is 1. The lowest BCUT2D eigenvalue weighted by atomic mass is 10.2. The Morgan fingerprint density at radius 2 is 1.80 bits per heavy atom. The number of rotatable bonds is 3. The smallest absolute Gasteiger partial charge is 0.255 e. The first-order valence-corrected chi connectivity index (χ1v) is 10.2. The summed E-state index contributed by atoms with van der Waals surface area (Å²) >= 11 is 9.31. The van der Waals surface area contributed by atoms with Crippen LogP contribution in [0.25, 0.3) is 0 Å². The van der Waals surface area contributed by atoms with E-state index in [9.17, 15) is 13.2 Å². The van der Waals surface area contributed by atoms with Gasteiger partial charge in [0, 0.05) is 43.0 Å². The molecule has 1 saturated heterocycles. The van der Waals surface area contributed by atoms with E-state index in [2.05, 4.69) is 20.9 Å². The highest BCUT2D eigenvalue weighted by Crippen LogP contribution is 2.25. The summed E-state index contributed by atoms with van der Waals surface area (Å²) in [7, 11) is -3.67. The number of halogens is 2. The Balaban J connectivity index is 1.72. The van der Waals surface area contributed by atoms with Crippen molar-refractivity contribution in [1.29, 1.82) is 0 Å². The highest BCUT2D eigenvalue weighted by molar-refractivity contribution is 9.10. The van der Waals surface area contributed by atoms with Gasteiger partial charge in [-0.1, -0.05) is 23.7 Å². The summed E-state index contributed by atoms with van der Waals surface area (Å²) in [6.45, 7) is 1.07. The van der Waals surface area contributed by atoms with Crippen LogP contribution in [-0.4, -0.2) is 54.7 Å².